The van der Waals surface area contributed by atoms with Crippen molar-refractivity contribution in [2.75, 3.05) is 26.2 Å². The topological polar surface area (TPSA) is 53.5 Å². The molecule has 1 aromatic heterocycles. The van der Waals surface area contributed by atoms with Crippen molar-refractivity contribution in [2.45, 2.75) is 6.92 Å². The van der Waals surface area contributed by atoms with Crippen LogP contribution in [0.4, 0.5) is 0 Å². The summed E-state index contributed by atoms with van der Waals surface area (Å²) in [6, 6.07) is 1.73. The normalized spacial score (nSPS) is 16.3. The lowest BCUT2D eigenvalue weighted by Crippen LogP contribution is -2.49. The highest BCUT2D eigenvalue weighted by molar-refractivity contribution is 7.08. The van der Waals surface area contributed by atoms with Crippen LogP contribution < -0.4 is 0 Å². The van der Waals surface area contributed by atoms with Crippen molar-refractivity contribution in [1.29, 1.82) is 0 Å². The van der Waals surface area contributed by atoms with Gasteiger partial charge in [0.2, 0.25) is 5.91 Å². The van der Waals surface area contributed by atoms with Crippen LogP contribution in [0.3, 0.4) is 0 Å². The highest BCUT2D eigenvalue weighted by atomic mass is 32.1. The first-order chi connectivity index (χ1) is 7.68. The lowest BCUT2D eigenvalue weighted by Gasteiger charge is -2.33. The molecule has 0 N–H and O–H groups in total. The van der Waals surface area contributed by atoms with Crippen molar-refractivity contribution in [3.8, 4) is 0 Å². The molecule has 0 spiro atoms. The second kappa shape index (κ2) is 4.61. The molecule has 1 saturated heterocycles. The smallest absolute Gasteiger partial charge is 0.265 e. The van der Waals surface area contributed by atoms with Crippen LogP contribution in [0.2, 0.25) is 0 Å². The van der Waals surface area contributed by atoms with Crippen molar-refractivity contribution in [1.82, 2.24) is 14.2 Å². The summed E-state index contributed by atoms with van der Waals surface area (Å²) in [6.07, 6.45) is 1.63. The number of amides is 2. The minimum atomic E-state index is 0.0192. The molecule has 1 aromatic rings. The van der Waals surface area contributed by atoms with Gasteiger partial charge in [0.1, 0.15) is 4.88 Å². The molecule has 0 bridgehead atoms. The van der Waals surface area contributed by atoms with Crippen molar-refractivity contribution in [3.63, 3.8) is 0 Å². The van der Waals surface area contributed by atoms with Gasteiger partial charge in [0, 0.05) is 39.3 Å². The number of aromatic nitrogens is 1. The predicted molar refractivity (Wildman–Crippen MR) is 60.3 cm³/mol. The summed E-state index contributed by atoms with van der Waals surface area (Å²) >= 11 is 1.21. The molecule has 0 atom stereocenters. The first-order valence-electron chi connectivity index (χ1n) is 5.14. The van der Waals surface area contributed by atoms with Crippen LogP contribution >= 0.6 is 11.5 Å². The highest BCUT2D eigenvalue weighted by Gasteiger charge is 2.23. The quantitative estimate of drug-likeness (QED) is 0.715. The van der Waals surface area contributed by atoms with Crippen molar-refractivity contribution in [3.05, 3.63) is 17.1 Å². The monoisotopic (exact) mass is 239 g/mol. The van der Waals surface area contributed by atoms with E-state index in [1.54, 1.807) is 29.0 Å². The summed E-state index contributed by atoms with van der Waals surface area (Å²) in [7, 11) is 0. The maximum atomic E-state index is 11.9. The minimum Gasteiger partial charge on any atom is -0.339 e. The number of nitrogens with zero attached hydrogens (tertiary/aromatic N) is 3. The Morgan fingerprint density at radius 3 is 2.38 bits per heavy atom. The minimum absolute atomic E-state index is 0.0192. The summed E-state index contributed by atoms with van der Waals surface area (Å²) in [6.45, 7) is 4.02. The summed E-state index contributed by atoms with van der Waals surface area (Å²) in [4.78, 5) is 27.2. The molecule has 0 saturated carbocycles. The molecular weight excluding hydrogens is 226 g/mol. The molecule has 2 rings (SSSR count). The Morgan fingerprint density at radius 1 is 1.25 bits per heavy atom. The number of rotatable bonds is 1. The lowest BCUT2D eigenvalue weighted by atomic mass is 10.3. The van der Waals surface area contributed by atoms with Gasteiger partial charge in [-0.2, -0.15) is 0 Å². The summed E-state index contributed by atoms with van der Waals surface area (Å²) in [5, 5.41) is 0. The van der Waals surface area contributed by atoms with Crippen LogP contribution in [0, 0.1) is 0 Å². The fourth-order valence-corrected chi connectivity index (χ4v) is 2.27. The largest absolute Gasteiger partial charge is 0.339 e. The van der Waals surface area contributed by atoms with Gasteiger partial charge in [0.05, 0.1) is 0 Å². The van der Waals surface area contributed by atoms with E-state index in [4.69, 9.17) is 0 Å². The van der Waals surface area contributed by atoms with Gasteiger partial charge >= 0.3 is 0 Å². The zero-order valence-electron chi connectivity index (χ0n) is 9.05. The first-order valence-corrected chi connectivity index (χ1v) is 5.91. The summed E-state index contributed by atoms with van der Waals surface area (Å²) in [5.74, 6) is 0.0931. The van der Waals surface area contributed by atoms with Gasteiger partial charge in [-0.15, -0.1) is 0 Å². The maximum absolute atomic E-state index is 11.9. The molecule has 2 amide bonds. The molecule has 0 unspecified atom stereocenters. The Kier molecular flexibility index (Phi) is 3.19. The van der Waals surface area contributed by atoms with Crippen molar-refractivity contribution in [2.24, 2.45) is 0 Å². The molecular formula is C10H13N3O2S. The summed E-state index contributed by atoms with van der Waals surface area (Å²) in [5.41, 5.74) is 0. The third kappa shape index (κ3) is 2.21. The third-order valence-corrected chi connectivity index (χ3v) is 3.40. The molecule has 1 fully saturated rings. The Hall–Kier alpha value is -1.43. The van der Waals surface area contributed by atoms with Gasteiger partial charge in [-0.05, 0) is 17.6 Å². The second-order valence-electron chi connectivity index (χ2n) is 3.67. The molecule has 16 heavy (non-hydrogen) atoms. The van der Waals surface area contributed by atoms with Gasteiger partial charge in [0.25, 0.3) is 5.91 Å². The first kappa shape index (κ1) is 11.1. The van der Waals surface area contributed by atoms with Crippen LogP contribution in [0.1, 0.15) is 16.6 Å². The Bertz CT molecular complexity index is 383. The predicted octanol–water partition coefficient (Wildman–Crippen LogP) is 0.447. The Labute approximate surface area is 97.8 Å². The number of hydrogen-bond donors (Lipinski definition) is 0. The number of carbonyl (C=O) groups excluding carboxylic acids is 2. The average molecular weight is 239 g/mol. The molecule has 6 heteroatoms. The van der Waals surface area contributed by atoms with Crippen LogP contribution in [0.5, 0.6) is 0 Å². The number of hydrogen-bond acceptors (Lipinski definition) is 4. The van der Waals surface area contributed by atoms with E-state index in [2.05, 4.69) is 4.37 Å². The molecule has 5 nitrogen and oxygen atoms in total. The zero-order chi connectivity index (χ0) is 11.5. The van der Waals surface area contributed by atoms with E-state index < -0.39 is 0 Å². The van der Waals surface area contributed by atoms with E-state index in [-0.39, 0.29) is 11.8 Å². The van der Waals surface area contributed by atoms with Crippen molar-refractivity contribution >= 4 is 23.3 Å². The van der Waals surface area contributed by atoms with Crippen LogP contribution in [-0.2, 0) is 4.79 Å². The van der Waals surface area contributed by atoms with E-state index in [1.807, 2.05) is 0 Å². The molecule has 1 aliphatic rings. The van der Waals surface area contributed by atoms with E-state index in [9.17, 15) is 9.59 Å². The van der Waals surface area contributed by atoms with Crippen LogP contribution in [-0.4, -0.2) is 52.2 Å². The molecule has 0 aliphatic carbocycles. The molecule has 0 radical (unpaired) electrons. The van der Waals surface area contributed by atoms with E-state index in [1.165, 1.54) is 11.5 Å². The van der Waals surface area contributed by atoms with Crippen molar-refractivity contribution < 1.29 is 9.59 Å². The van der Waals surface area contributed by atoms with Gasteiger partial charge < -0.3 is 9.80 Å². The molecule has 86 valence electrons. The van der Waals surface area contributed by atoms with Gasteiger partial charge in [0.15, 0.2) is 0 Å². The van der Waals surface area contributed by atoms with E-state index in [0.29, 0.717) is 31.1 Å². The fourth-order valence-electron chi connectivity index (χ4n) is 1.71. The Morgan fingerprint density at radius 2 is 1.88 bits per heavy atom. The molecule has 0 aromatic carbocycles. The molecule has 2 heterocycles. The second-order valence-corrected chi connectivity index (χ2v) is 4.51. The van der Waals surface area contributed by atoms with Crippen LogP contribution in [0.25, 0.3) is 0 Å². The average Bonchev–Trinajstić information content (AvgIpc) is 2.81. The van der Waals surface area contributed by atoms with Gasteiger partial charge in [-0.25, -0.2) is 4.37 Å². The van der Waals surface area contributed by atoms with Gasteiger partial charge in [-0.3, -0.25) is 9.59 Å². The summed E-state index contributed by atoms with van der Waals surface area (Å²) < 4.78 is 3.91. The fraction of sp³-hybridized carbons (Fsp3) is 0.500. The maximum Gasteiger partial charge on any atom is 0.265 e. The lowest BCUT2D eigenvalue weighted by molar-refractivity contribution is -0.130. The van der Waals surface area contributed by atoms with E-state index >= 15 is 0 Å². The number of carbonyl (C=O) groups is 2. The zero-order valence-corrected chi connectivity index (χ0v) is 9.87. The van der Waals surface area contributed by atoms with Gasteiger partial charge in [-0.1, -0.05) is 0 Å². The highest BCUT2D eigenvalue weighted by Crippen LogP contribution is 2.11. The number of piperazine rings is 1. The third-order valence-electron chi connectivity index (χ3n) is 2.66. The van der Waals surface area contributed by atoms with Crippen LogP contribution in [0.15, 0.2) is 12.3 Å². The Balaban J connectivity index is 1.94. The standard InChI is InChI=1S/C10H13N3O2S/c1-8(14)12-4-6-13(7-5-12)10(15)9-2-3-11-16-9/h2-3H,4-7H2,1H3. The van der Waals surface area contributed by atoms with E-state index in [0.717, 1.165) is 0 Å². The SMILES string of the molecule is CC(=O)N1CCN(C(=O)c2ccns2)CC1. The molecule has 1 aliphatic heterocycles.